The molecule has 1 aliphatic rings. The number of carbonyl (C=O) groups is 1. The van der Waals surface area contributed by atoms with Gasteiger partial charge in [0.2, 0.25) is 0 Å². The van der Waals surface area contributed by atoms with Crippen LogP contribution in [-0.2, 0) is 13.0 Å². The molecule has 0 saturated heterocycles. The summed E-state index contributed by atoms with van der Waals surface area (Å²) in [6.45, 7) is 0.760. The van der Waals surface area contributed by atoms with Crippen molar-refractivity contribution in [2.24, 2.45) is 0 Å². The highest BCUT2D eigenvalue weighted by atomic mass is 16.3. The topological polar surface area (TPSA) is 80.0 Å². The largest absolute Gasteiger partial charge is 0.396 e. The fourth-order valence-electron chi connectivity index (χ4n) is 2.52. The van der Waals surface area contributed by atoms with Crippen LogP contribution in [0.25, 0.3) is 0 Å². The highest BCUT2D eigenvalue weighted by Crippen LogP contribution is 2.27. The van der Waals surface area contributed by atoms with Crippen LogP contribution in [0.2, 0.25) is 0 Å². The molecule has 6 heteroatoms. The first kappa shape index (κ1) is 12.8. The minimum atomic E-state index is -0.0595. The Morgan fingerprint density at radius 3 is 3.05 bits per heavy atom. The van der Waals surface area contributed by atoms with E-state index in [1.165, 1.54) is 6.33 Å². The number of aromatic nitrogens is 3. The number of amides is 1. The van der Waals surface area contributed by atoms with E-state index in [1.807, 2.05) is 24.3 Å². The molecule has 0 bridgehead atoms. The van der Waals surface area contributed by atoms with Gasteiger partial charge in [0.15, 0.2) is 0 Å². The maximum Gasteiger partial charge on any atom is 0.252 e. The van der Waals surface area contributed by atoms with Crippen LogP contribution in [0.5, 0.6) is 0 Å². The van der Waals surface area contributed by atoms with Gasteiger partial charge in [0.05, 0.1) is 6.04 Å². The Bertz CT molecular complexity index is 623. The maximum absolute atomic E-state index is 11.9. The fraction of sp³-hybridized carbons (Fsp3) is 0.357. The third kappa shape index (κ3) is 2.30. The molecular formula is C14H16N4O2. The van der Waals surface area contributed by atoms with E-state index in [9.17, 15) is 4.79 Å². The van der Waals surface area contributed by atoms with Gasteiger partial charge in [-0.25, -0.2) is 9.67 Å². The Kier molecular flexibility index (Phi) is 3.47. The Morgan fingerprint density at radius 2 is 2.20 bits per heavy atom. The zero-order valence-electron chi connectivity index (χ0n) is 11.0. The van der Waals surface area contributed by atoms with Crippen LogP contribution in [0.15, 0.2) is 30.6 Å². The van der Waals surface area contributed by atoms with Crippen LogP contribution >= 0.6 is 0 Å². The van der Waals surface area contributed by atoms with Crippen molar-refractivity contribution < 1.29 is 9.90 Å². The number of nitrogens with zero attached hydrogens (tertiary/aromatic N) is 3. The predicted octanol–water partition coefficient (Wildman–Crippen LogP) is 0.688. The summed E-state index contributed by atoms with van der Waals surface area (Å²) >= 11 is 0. The molecule has 0 spiro atoms. The van der Waals surface area contributed by atoms with Crippen LogP contribution in [0.1, 0.15) is 34.2 Å². The predicted molar refractivity (Wildman–Crippen MR) is 72.1 cm³/mol. The molecule has 3 rings (SSSR count). The second kappa shape index (κ2) is 5.42. The molecular weight excluding hydrogens is 256 g/mol. The van der Waals surface area contributed by atoms with Crippen molar-refractivity contribution in [1.29, 1.82) is 0 Å². The van der Waals surface area contributed by atoms with E-state index in [-0.39, 0.29) is 18.6 Å². The highest BCUT2D eigenvalue weighted by Gasteiger charge is 2.29. The summed E-state index contributed by atoms with van der Waals surface area (Å²) < 4.78 is 1.78. The van der Waals surface area contributed by atoms with Crippen LogP contribution in [-0.4, -0.2) is 32.4 Å². The van der Waals surface area contributed by atoms with Crippen molar-refractivity contribution in [2.45, 2.75) is 25.4 Å². The van der Waals surface area contributed by atoms with Crippen LogP contribution in [0.3, 0.4) is 0 Å². The number of aliphatic hydroxyl groups is 1. The Morgan fingerprint density at radius 1 is 1.35 bits per heavy atom. The second-order valence-electron chi connectivity index (χ2n) is 4.79. The van der Waals surface area contributed by atoms with E-state index in [2.05, 4.69) is 15.4 Å². The van der Waals surface area contributed by atoms with Gasteiger partial charge in [0.25, 0.3) is 5.91 Å². The zero-order chi connectivity index (χ0) is 13.9. The number of hydrogen-bond acceptors (Lipinski definition) is 4. The number of hydrogen-bond donors (Lipinski definition) is 2. The molecule has 0 radical (unpaired) electrons. The van der Waals surface area contributed by atoms with E-state index in [1.54, 1.807) is 4.68 Å². The number of fused-ring (bicyclic) bond motifs is 1. The Labute approximate surface area is 116 Å². The molecule has 6 nitrogen and oxygen atoms in total. The van der Waals surface area contributed by atoms with Crippen molar-refractivity contribution in [3.63, 3.8) is 0 Å². The lowest BCUT2D eigenvalue weighted by atomic mass is 10.0. The summed E-state index contributed by atoms with van der Waals surface area (Å²) in [6, 6.07) is 7.54. The number of aliphatic hydroxyl groups excluding tert-OH is 1. The third-order valence-corrected chi connectivity index (χ3v) is 3.50. The summed E-state index contributed by atoms with van der Waals surface area (Å²) in [5, 5.41) is 16.0. The number of aryl methyl sites for hydroxylation is 1. The minimum absolute atomic E-state index is 0.0352. The molecule has 2 heterocycles. The Hall–Kier alpha value is -2.21. The van der Waals surface area contributed by atoms with Crippen LogP contribution < -0.4 is 5.32 Å². The maximum atomic E-state index is 11.9. The van der Waals surface area contributed by atoms with E-state index >= 15 is 0 Å². The molecule has 1 aromatic carbocycles. The molecule has 2 N–H and O–H groups in total. The van der Waals surface area contributed by atoms with E-state index in [0.29, 0.717) is 19.4 Å². The van der Waals surface area contributed by atoms with Gasteiger partial charge in [-0.3, -0.25) is 4.79 Å². The fourth-order valence-corrected chi connectivity index (χ4v) is 2.52. The summed E-state index contributed by atoms with van der Waals surface area (Å²) in [5.74, 6) is 0.785. The SMILES string of the molecule is O=C1NC(Cc2ncnn2CCCO)c2ccccc21. The Balaban J connectivity index is 1.80. The second-order valence-corrected chi connectivity index (χ2v) is 4.79. The normalized spacial score (nSPS) is 17.1. The number of benzene rings is 1. The number of nitrogens with one attached hydrogen (secondary N) is 1. The van der Waals surface area contributed by atoms with Gasteiger partial charge in [-0.2, -0.15) is 5.10 Å². The lowest BCUT2D eigenvalue weighted by Gasteiger charge is -2.12. The third-order valence-electron chi connectivity index (χ3n) is 3.50. The lowest BCUT2D eigenvalue weighted by Crippen LogP contribution is -2.22. The van der Waals surface area contributed by atoms with Crippen molar-refractivity contribution in [3.8, 4) is 0 Å². The number of rotatable bonds is 5. The number of carbonyl (C=O) groups excluding carboxylic acids is 1. The monoisotopic (exact) mass is 272 g/mol. The molecule has 0 aliphatic carbocycles. The van der Waals surface area contributed by atoms with Gasteiger partial charge in [0, 0.05) is 25.1 Å². The lowest BCUT2D eigenvalue weighted by molar-refractivity contribution is 0.0956. The van der Waals surface area contributed by atoms with Gasteiger partial charge in [-0.15, -0.1) is 0 Å². The molecule has 104 valence electrons. The molecule has 0 saturated carbocycles. The molecule has 0 fully saturated rings. The highest BCUT2D eigenvalue weighted by molar-refractivity contribution is 5.99. The van der Waals surface area contributed by atoms with E-state index < -0.39 is 0 Å². The van der Waals surface area contributed by atoms with Crippen LogP contribution in [0, 0.1) is 0 Å². The van der Waals surface area contributed by atoms with Gasteiger partial charge in [-0.1, -0.05) is 18.2 Å². The molecule has 1 aliphatic heterocycles. The van der Waals surface area contributed by atoms with Crippen molar-refractivity contribution in [3.05, 3.63) is 47.5 Å². The summed E-state index contributed by atoms with van der Waals surface area (Å²) in [6.07, 6.45) is 2.76. The first-order valence-electron chi connectivity index (χ1n) is 6.67. The van der Waals surface area contributed by atoms with Crippen LogP contribution in [0.4, 0.5) is 0 Å². The molecule has 1 amide bonds. The van der Waals surface area contributed by atoms with E-state index in [4.69, 9.17) is 5.11 Å². The average Bonchev–Trinajstić information content (AvgIpc) is 3.03. The van der Waals surface area contributed by atoms with Gasteiger partial charge in [0.1, 0.15) is 12.2 Å². The molecule has 20 heavy (non-hydrogen) atoms. The summed E-state index contributed by atoms with van der Waals surface area (Å²) in [5.41, 5.74) is 1.74. The van der Waals surface area contributed by atoms with Gasteiger partial charge >= 0.3 is 0 Å². The van der Waals surface area contributed by atoms with E-state index in [0.717, 1.165) is 17.0 Å². The average molecular weight is 272 g/mol. The van der Waals surface area contributed by atoms with Gasteiger partial charge in [-0.05, 0) is 18.1 Å². The standard InChI is InChI=1S/C14H16N4O2/c19-7-3-6-18-13(15-9-16-18)8-12-10-4-1-2-5-11(10)14(20)17-12/h1-2,4-5,9,12,19H,3,6-8H2,(H,17,20). The smallest absolute Gasteiger partial charge is 0.252 e. The van der Waals surface area contributed by atoms with Crippen molar-refractivity contribution >= 4 is 5.91 Å². The molecule has 1 atom stereocenters. The first-order chi connectivity index (χ1) is 9.79. The minimum Gasteiger partial charge on any atom is -0.396 e. The van der Waals surface area contributed by atoms with Crippen molar-refractivity contribution in [1.82, 2.24) is 20.1 Å². The quantitative estimate of drug-likeness (QED) is 0.839. The zero-order valence-corrected chi connectivity index (χ0v) is 11.0. The summed E-state index contributed by atoms with van der Waals surface area (Å²) in [4.78, 5) is 16.1. The molecule has 1 unspecified atom stereocenters. The first-order valence-corrected chi connectivity index (χ1v) is 6.67. The van der Waals surface area contributed by atoms with Gasteiger partial charge < -0.3 is 10.4 Å². The molecule has 2 aromatic rings. The molecule has 1 aromatic heterocycles. The van der Waals surface area contributed by atoms with Crippen molar-refractivity contribution in [2.75, 3.05) is 6.61 Å². The summed E-state index contributed by atoms with van der Waals surface area (Å²) in [7, 11) is 0.